The highest BCUT2D eigenvalue weighted by molar-refractivity contribution is 5.95. The molecule has 1 spiro atoms. The standard InChI is InChI=1S/C26H25FN4O5/c27-19-8-6-17(7-9-19)16-28-22(33)20-21(32)24(35)31-14-15-36-26(25(31)29-20)10-12-30(13-11-26)23(34)18-4-2-1-3-5-18/h1-9,32H,10-16H2,(H,28,33). The molecule has 0 atom stereocenters. The number of nitrogens with zero attached hydrogens (tertiary/aromatic N) is 3. The quantitative estimate of drug-likeness (QED) is 0.577. The zero-order valence-electron chi connectivity index (χ0n) is 19.4. The smallest absolute Gasteiger partial charge is 0.296 e. The highest BCUT2D eigenvalue weighted by Crippen LogP contribution is 2.38. The summed E-state index contributed by atoms with van der Waals surface area (Å²) in [5.74, 6) is -1.67. The zero-order chi connectivity index (χ0) is 25.3. The minimum atomic E-state index is -0.954. The van der Waals surface area contributed by atoms with Gasteiger partial charge in [-0.25, -0.2) is 9.37 Å². The lowest BCUT2D eigenvalue weighted by atomic mass is 9.88. The van der Waals surface area contributed by atoms with Gasteiger partial charge in [0, 0.05) is 38.0 Å². The lowest BCUT2D eigenvalue weighted by molar-refractivity contribution is -0.113. The van der Waals surface area contributed by atoms with Crippen molar-refractivity contribution in [2.45, 2.75) is 31.5 Å². The summed E-state index contributed by atoms with van der Waals surface area (Å²) in [6, 6.07) is 14.6. The van der Waals surface area contributed by atoms with Gasteiger partial charge >= 0.3 is 0 Å². The predicted molar refractivity (Wildman–Crippen MR) is 127 cm³/mol. The number of fused-ring (bicyclic) bond motifs is 2. The highest BCUT2D eigenvalue weighted by atomic mass is 19.1. The first-order valence-electron chi connectivity index (χ1n) is 11.7. The molecule has 1 saturated heterocycles. The monoisotopic (exact) mass is 492 g/mol. The van der Waals surface area contributed by atoms with Crippen LogP contribution >= 0.6 is 0 Å². The first-order chi connectivity index (χ1) is 17.4. The van der Waals surface area contributed by atoms with Gasteiger partial charge in [-0.05, 0) is 29.8 Å². The van der Waals surface area contributed by atoms with Crippen LogP contribution in [-0.2, 0) is 23.4 Å². The van der Waals surface area contributed by atoms with Gasteiger partial charge in [0.1, 0.15) is 17.2 Å². The van der Waals surface area contributed by atoms with E-state index in [0.717, 1.165) is 0 Å². The van der Waals surface area contributed by atoms with Gasteiger partial charge in [0.15, 0.2) is 5.69 Å². The number of halogens is 1. The van der Waals surface area contributed by atoms with Crippen molar-refractivity contribution in [1.29, 1.82) is 0 Å². The van der Waals surface area contributed by atoms with E-state index in [4.69, 9.17) is 4.74 Å². The average Bonchev–Trinajstić information content (AvgIpc) is 2.91. The number of piperidine rings is 1. The number of hydrogen-bond donors (Lipinski definition) is 2. The van der Waals surface area contributed by atoms with Crippen LogP contribution in [-0.4, -0.2) is 51.1 Å². The second kappa shape index (κ2) is 9.54. The van der Waals surface area contributed by atoms with Crippen LogP contribution < -0.4 is 10.9 Å². The van der Waals surface area contributed by atoms with E-state index in [2.05, 4.69) is 10.3 Å². The van der Waals surface area contributed by atoms with Crippen LogP contribution in [0.3, 0.4) is 0 Å². The summed E-state index contributed by atoms with van der Waals surface area (Å²) in [6.45, 7) is 1.28. The molecular weight excluding hydrogens is 467 g/mol. The molecule has 0 bridgehead atoms. The van der Waals surface area contributed by atoms with Gasteiger partial charge in [0.25, 0.3) is 17.4 Å². The largest absolute Gasteiger partial charge is 0.501 e. The van der Waals surface area contributed by atoms with E-state index >= 15 is 0 Å². The Hall–Kier alpha value is -4.05. The lowest BCUT2D eigenvalue weighted by Crippen LogP contribution is -2.52. The van der Waals surface area contributed by atoms with Crippen molar-refractivity contribution in [2.24, 2.45) is 0 Å². The number of hydrogen-bond acceptors (Lipinski definition) is 6. The third-order valence-corrected chi connectivity index (χ3v) is 6.71. The van der Waals surface area contributed by atoms with Crippen molar-refractivity contribution in [3.8, 4) is 5.75 Å². The second-order valence-corrected chi connectivity index (χ2v) is 8.90. The molecule has 2 aliphatic rings. The van der Waals surface area contributed by atoms with Crippen LogP contribution in [0.15, 0.2) is 59.4 Å². The summed E-state index contributed by atoms with van der Waals surface area (Å²) in [4.78, 5) is 44.9. The Balaban J connectivity index is 1.38. The molecule has 2 N–H and O–H groups in total. The molecule has 36 heavy (non-hydrogen) atoms. The zero-order valence-corrected chi connectivity index (χ0v) is 19.4. The molecule has 3 heterocycles. The molecule has 0 saturated carbocycles. The fourth-order valence-corrected chi connectivity index (χ4v) is 4.73. The number of carbonyl (C=O) groups is 2. The Morgan fingerprint density at radius 3 is 2.44 bits per heavy atom. The van der Waals surface area contributed by atoms with E-state index < -0.39 is 28.6 Å². The fraction of sp³-hybridized carbons (Fsp3) is 0.308. The number of benzene rings is 2. The molecule has 9 nitrogen and oxygen atoms in total. The molecule has 0 unspecified atom stereocenters. The van der Waals surface area contributed by atoms with Crippen LogP contribution in [0.1, 0.15) is 45.1 Å². The van der Waals surface area contributed by atoms with Crippen LogP contribution in [0, 0.1) is 5.82 Å². The molecule has 1 aromatic heterocycles. The minimum absolute atomic E-state index is 0.0663. The number of aromatic hydroxyl groups is 1. The maximum atomic E-state index is 13.1. The van der Waals surface area contributed by atoms with Crippen molar-refractivity contribution in [3.63, 3.8) is 0 Å². The van der Waals surface area contributed by atoms with Crippen LogP contribution in [0.25, 0.3) is 0 Å². The third-order valence-electron chi connectivity index (χ3n) is 6.71. The number of carbonyl (C=O) groups excluding carboxylic acids is 2. The number of likely N-dealkylation sites (tertiary alicyclic amines) is 1. The van der Waals surface area contributed by atoms with Gasteiger partial charge in [-0.1, -0.05) is 30.3 Å². The molecule has 1 fully saturated rings. The Morgan fingerprint density at radius 2 is 1.75 bits per heavy atom. The fourth-order valence-electron chi connectivity index (χ4n) is 4.73. The molecule has 10 heteroatoms. The van der Waals surface area contributed by atoms with Crippen LogP contribution in [0.2, 0.25) is 0 Å². The Labute approximate surface area is 206 Å². The first-order valence-corrected chi connectivity index (χ1v) is 11.7. The van der Waals surface area contributed by atoms with Gasteiger partial charge in [-0.15, -0.1) is 0 Å². The number of aromatic nitrogens is 2. The van der Waals surface area contributed by atoms with Crippen LogP contribution in [0.4, 0.5) is 4.39 Å². The van der Waals surface area contributed by atoms with Crippen molar-refractivity contribution < 1.29 is 23.8 Å². The second-order valence-electron chi connectivity index (χ2n) is 8.90. The van der Waals surface area contributed by atoms with E-state index in [-0.39, 0.29) is 37.1 Å². The SMILES string of the molecule is O=C(NCc1ccc(F)cc1)c1nc2n(c(=O)c1O)CCOC21CCN(C(=O)c2ccccc2)CC1. The summed E-state index contributed by atoms with van der Waals surface area (Å²) in [6.07, 6.45) is 0.777. The van der Waals surface area contributed by atoms with E-state index in [9.17, 15) is 23.9 Å². The van der Waals surface area contributed by atoms with Crippen molar-refractivity contribution in [3.05, 3.63) is 93.4 Å². The number of ether oxygens (including phenoxy) is 1. The summed E-state index contributed by atoms with van der Waals surface area (Å²) in [5, 5.41) is 13.1. The van der Waals surface area contributed by atoms with Gasteiger partial charge < -0.3 is 20.1 Å². The van der Waals surface area contributed by atoms with E-state index in [1.165, 1.54) is 28.8 Å². The van der Waals surface area contributed by atoms with E-state index in [0.29, 0.717) is 37.1 Å². The molecule has 2 amide bonds. The maximum absolute atomic E-state index is 13.1. The average molecular weight is 493 g/mol. The normalized spacial score (nSPS) is 16.4. The van der Waals surface area contributed by atoms with Crippen molar-refractivity contribution >= 4 is 11.8 Å². The van der Waals surface area contributed by atoms with E-state index in [1.54, 1.807) is 17.0 Å². The topological polar surface area (TPSA) is 114 Å². The molecular formula is C26H25FN4O5. The van der Waals surface area contributed by atoms with Crippen LogP contribution in [0.5, 0.6) is 5.75 Å². The summed E-state index contributed by atoms with van der Waals surface area (Å²) >= 11 is 0. The van der Waals surface area contributed by atoms with Gasteiger partial charge in [-0.3, -0.25) is 19.0 Å². The summed E-state index contributed by atoms with van der Waals surface area (Å²) in [7, 11) is 0. The van der Waals surface area contributed by atoms with Gasteiger partial charge in [0.05, 0.1) is 13.2 Å². The van der Waals surface area contributed by atoms with Gasteiger partial charge in [0.2, 0.25) is 5.75 Å². The lowest BCUT2D eigenvalue weighted by Gasteiger charge is -2.44. The van der Waals surface area contributed by atoms with Crippen molar-refractivity contribution in [1.82, 2.24) is 19.8 Å². The minimum Gasteiger partial charge on any atom is -0.501 e. The van der Waals surface area contributed by atoms with E-state index in [1.807, 2.05) is 18.2 Å². The summed E-state index contributed by atoms with van der Waals surface area (Å²) < 4.78 is 20.6. The summed E-state index contributed by atoms with van der Waals surface area (Å²) in [5.41, 5.74) is -0.810. The Bertz CT molecular complexity index is 1350. The Kier molecular flexibility index (Phi) is 6.27. The number of rotatable bonds is 4. The van der Waals surface area contributed by atoms with Gasteiger partial charge in [-0.2, -0.15) is 0 Å². The van der Waals surface area contributed by atoms with Crippen molar-refractivity contribution in [2.75, 3.05) is 19.7 Å². The molecule has 5 rings (SSSR count). The molecule has 2 aromatic carbocycles. The molecule has 0 aliphatic carbocycles. The Morgan fingerprint density at radius 1 is 1.06 bits per heavy atom. The number of amides is 2. The molecule has 2 aliphatic heterocycles. The maximum Gasteiger partial charge on any atom is 0.296 e. The first kappa shape index (κ1) is 23.7. The number of nitrogens with one attached hydrogen (secondary N) is 1. The predicted octanol–water partition coefficient (Wildman–Crippen LogP) is 2.18. The molecule has 3 aromatic rings. The molecule has 186 valence electrons. The highest BCUT2D eigenvalue weighted by Gasteiger charge is 2.45. The third kappa shape index (κ3) is 4.35. The molecule has 0 radical (unpaired) electrons.